The molecule has 4 N–H and O–H groups in total. The van der Waals surface area contributed by atoms with E-state index in [9.17, 15) is 13.9 Å². The fourth-order valence-electron chi connectivity index (χ4n) is 3.64. The number of aliphatic hydroxyl groups excluding tert-OH is 1. The topological polar surface area (TPSA) is 108 Å². The van der Waals surface area contributed by atoms with Crippen molar-refractivity contribution in [3.05, 3.63) is 83.4 Å². The van der Waals surface area contributed by atoms with Crippen molar-refractivity contribution in [1.29, 1.82) is 0 Å². The van der Waals surface area contributed by atoms with Crippen LogP contribution < -0.4 is 16.0 Å². The number of pyridine rings is 2. The Kier molecular flexibility index (Phi) is 5.83. The number of benzene rings is 1. The fraction of sp³-hybridized carbons (Fsp3) is 0.167. The van der Waals surface area contributed by atoms with E-state index in [0.29, 0.717) is 24.3 Å². The summed E-state index contributed by atoms with van der Waals surface area (Å²) in [6, 6.07) is 12.2. The Labute approximate surface area is 194 Å². The number of nitrogens with one attached hydrogen (secondary N) is 3. The molecule has 0 fully saturated rings. The molecule has 2 aliphatic rings. The second-order valence-electron chi connectivity index (χ2n) is 7.92. The van der Waals surface area contributed by atoms with Gasteiger partial charge in [0, 0.05) is 35.8 Å². The first-order valence-electron chi connectivity index (χ1n) is 10.7. The summed E-state index contributed by atoms with van der Waals surface area (Å²) in [7, 11) is 0. The highest BCUT2D eigenvalue weighted by atomic mass is 19.1. The van der Waals surface area contributed by atoms with Gasteiger partial charge in [-0.2, -0.15) is 13.8 Å². The normalized spacial score (nSPS) is 15.5. The third kappa shape index (κ3) is 4.54. The van der Waals surface area contributed by atoms with Gasteiger partial charge < -0.3 is 15.7 Å². The van der Waals surface area contributed by atoms with Crippen LogP contribution in [0.4, 0.5) is 31.9 Å². The lowest BCUT2D eigenvalue weighted by atomic mass is 10.1. The molecule has 1 atom stereocenters. The Morgan fingerprint density at radius 3 is 2.71 bits per heavy atom. The first-order valence-corrected chi connectivity index (χ1v) is 10.7. The third-order valence-electron chi connectivity index (χ3n) is 5.47. The lowest BCUT2D eigenvalue weighted by molar-refractivity contribution is 0.135. The minimum atomic E-state index is -1.23. The predicted molar refractivity (Wildman–Crippen MR) is 124 cm³/mol. The van der Waals surface area contributed by atoms with Crippen LogP contribution in [0, 0.1) is 18.8 Å². The average Bonchev–Trinajstić information content (AvgIpc) is 2.82. The number of anilines is 4. The zero-order valence-electron chi connectivity index (χ0n) is 18.2. The first-order chi connectivity index (χ1) is 16.5. The Hall–Kier alpha value is -4.02. The van der Waals surface area contributed by atoms with Crippen molar-refractivity contribution in [1.82, 2.24) is 25.3 Å². The zero-order valence-corrected chi connectivity index (χ0v) is 18.2. The largest absolute Gasteiger partial charge is 0.374 e. The number of aromatic nitrogens is 4. The van der Waals surface area contributed by atoms with Crippen LogP contribution in [0.3, 0.4) is 0 Å². The standard InChI is InChI=1S/C24H21F2N7O/c1-13-11-29-24-32-19-10-15(12-28-21(19)26)18-6-5-17(20(25)31-18)23(34)27-8-7-14-3-2-4-16(9-14)30-22(13)33-24/h2-6,9-12,23,27,34H,7-8H2,1H3,(H2,29,30,32,33). The Morgan fingerprint density at radius 2 is 1.85 bits per heavy atom. The molecule has 0 saturated heterocycles. The lowest BCUT2D eigenvalue weighted by Crippen LogP contribution is -2.24. The van der Waals surface area contributed by atoms with E-state index in [2.05, 4.69) is 35.9 Å². The molecule has 0 saturated carbocycles. The number of fused-ring (bicyclic) bond motifs is 5. The number of hydrogen-bond acceptors (Lipinski definition) is 8. The maximum Gasteiger partial charge on any atom is 0.236 e. The molecule has 2 aliphatic heterocycles. The molecule has 5 heterocycles. The summed E-state index contributed by atoms with van der Waals surface area (Å²) in [5, 5.41) is 19.5. The molecule has 4 aromatic rings. The SMILES string of the molecule is Cc1cnc2nc1Nc1cccc(c1)CCNC(O)c1ccc(nc1F)-c1cnc(F)c(c1)N2. The van der Waals surface area contributed by atoms with Gasteiger partial charge in [-0.3, -0.25) is 5.32 Å². The van der Waals surface area contributed by atoms with Gasteiger partial charge >= 0.3 is 0 Å². The van der Waals surface area contributed by atoms with Gasteiger partial charge in [-0.25, -0.2) is 15.0 Å². The number of rotatable bonds is 0. The molecule has 8 nitrogen and oxygen atoms in total. The molecule has 8 bridgehead atoms. The van der Waals surface area contributed by atoms with Crippen LogP contribution >= 0.6 is 0 Å². The Balaban J connectivity index is 1.59. The van der Waals surface area contributed by atoms with Crippen molar-refractivity contribution < 1.29 is 13.9 Å². The van der Waals surface area contributed by atoms with Crippen molar-refractivity contribution in [2.75, 3.05) is 17.2 Å². The second kappa shape index (κ2) is 9.08. The van der Waals surface area contributed by atoms with Crippen LogP contribution in [0.2, 0.25) is 0 Å². The van der Waals surface area contributed by atoms with E-state index in [1.54, 1.807) is 12.3 Å². The molecular formula is C24H21F2N7O. The second-order valence-corrected chi connectivity index (χ2v) is 7.92. The van der Waals surface area contributed by atoms with Gasteiger partial charge in [-0.1, -0.05) is 12.1 Å². The van der Waals surface area contributed by atoms with E-state index >= 15 is 0 Å². The van der Waals surface area contributed by atoms with Crippen LogP contribution in [0.1, 0.15) is 22.9 Å². The summed E-state index contributed by atoms with van der Waals surface area (Å²) < 4.78 is 29.2. The van der Waals surface area contributed by atoms with Crippen LogP contribution in [-0.4, -0.2) is 31.6 Å². The van der Waals surface area contributed by atoms with Crippen molar-refractivity contribution in [2.24, 2.45) is 0 Å². The quantitative estimate of drug-likeness (QED) is 0.290. The van der Waals surface area contributed by atoms with Gasteiger partial charge in [0.25, 0.3) is 0 Å². The molecule has 0 aliphatic carbocycles. The number of halogens is 2. The van der Waals surface area contributed by atoms with E-state index in [1.165, 1.54) is 18.3 Å². The summed E-state index contributed by atoms with van der Waals surface area (Å²) >= 11 is 0. The highest BCUT2D eigenvalue weighted by molar-refractivity contribution is 5.67. The van der Waals surface area contributed by atoms with E-state index in [1.807, 2.05) is 31.2 Å². The summed E-state index contributed by atoms with van der Waals surface area (Å²) in [5.74, 6) is -0.865. The first kappa shape index (κ1) is 21.8. The summed E-state index contributed by atoms with van der Waals surface area (Å²) in [6.07, 6.45) is 2.26. The van der Waals surface area contributed by atoms with Crippen molar-refractivity contribution >= 4 is 23.1 Å². The highest BCUT2D eigenvalue weighted by Gasteiger charge is 2.17. The highest BCUT2D eigenvalue weighted by Crippen LogP contribution is 2.27. The molecule has 1 aromatic carbocycles. The fourth-order valence-corrected chi connectivity index (χ4v) is 3.64. The van der Waals surface area contributed by atoms with E-state index < -0.39 is 18.1 Å². The zero-order chi connectivity index (χ0) is 23.7. The molecular weight excluding hydrogens is 440 g/mol. The summed E-state index contributed by atoms with van der Waals surface area (Å²) in [4.78, 5) is 16.4. The summed E-state index contributed by atoms with van der Waals surface area (Å²) in [6.45, 7) is 2.28. The van der Waals surface area contributed by atoms with Crippen LogP contribution in [-0.2, 0) is 6.42 Å². The van der Waals surface area contributed by atoms with E-state index in [4.69, 9.17) is 0 Å². The van der Waals surface area contributed by atoms with Gasteiger partial charge in [-0.05, 0) is 49.2 Å². The van der Waals surface area contributed by atoms with Crippen molar-refractivity contribution in [2.45, 2.75) is 19.6 Å². The van der Waals surface area contributed by atoms with Gasteiger partial charge in [0.1, 0.15) is 12.0 Å². The number of aryl methyl sites for hydroxylation is 1. The molecule has 1 unspecified atom stereocenters. The van der Waals surface area contributed by atoms with Crippen molar-refractivity contribution in [3.8, 4) is 11.3 Å². The molecule has 6 rings (SSSR count). The minimum absolute atomic E-state index is 0.0141. The number of aliphatic hydroxyl groups is 1. The minimum Gasteiger partial charge on any atom is -0.374 e. The molecule has 0 amide bonds. The smallest absolute Gasteiger partial charge is 0.236 e. The molecule has 0 radical (unpaired) electrons. The molecule has 0 spiro atoms. The van der Waals surface area contributed by atoms with Crippen LogP contribution in [0.5, 0.6) is 0 Å². The number of hydrogen-bond donors (Lipinski definition) is 4. The van der Waals surface area contributed by atoms with Gasteiger partial charge in [0.2, 0.25) is 17.8 Å². The maximum absolute atomic E-state index is 14.7. The monoisotopic (exact) mass is 461 g/mol. The third-order valence-corrected chi connectivity index (χ3v) is 5.47. The van der Waals surface area contributed by atoms with E-state index in [0.717, 1.165) is 16.8 Å². The molecule has 3 aromatic heterocycles. The van der Waals surface area contributed by atoms with Crippen LogP contribution in [0.15, 0.2) is 54.9 Å². The van der Waals surface area contributed by atoms with Gasteiger partial charge in [-0.15, -0.1) is 0 Å². The Bertz CT molecular complexity index is 1370. The van der Waals surface area contributed by atoms with Crippen molar-refractivity contribution in [3.63, 3.8) is 0 Å². The maximum atomic E-state index is 14.7. The van der Waals surface area contributed by atoms with Crippen LogP contribution in [0.25, 0.3) is 11.3 Å². The lowest BCUT2D eigenvalue weighted by Gasteiger charge is -2.15. The molecule has 34 heavy (non-hydrogen) atoms. The molecule has 172 valence electrons. The van der Waals surface area contributed by atoms with Gasteiger partial charge in [0.05, 0.1) is 16.9 Å². The average molecular weight is 461 g/mol. The van der Waals surface area contributed by atoms with Gasteiger partial charge in [0.15, 0.2) is 0 Å². The Morgan fingerprint density at radius 1 is 0.971 bits per heavy atom. The number of nitrogens with zero attached hydrogens (tertiary/aromatic N) is 4. The van der Waals surface area contributed by atoms with E-state index in [-0.39, 0.29) is 22.9 Å². The predicted octanol–water partition coefficient (Wildman–Crippen LogP) is 4.14. The molecule has 10 heteroatoms. The summed E-state index contributed by atoms with van der Waals surface area (Å²) in [5.41, 5.74) is 3.28.